The van der Waals surface area contributed by atoms with Crippen molar-refractivity contribution in [3.63, 3.8) is 0 Å². The number of ether oxygens (including phenoxy) is 2. The van der Waals surface area contributed by atoms with Gasteiger partial charge in [0.1, 0.15) is 5.60 Å². The van der Waals surface area contributed by atoms with Gasteiger partial charge >= 0.3 is 5.97 Å². The predicted octanol–water partition coefficient (Wildman–Crippen LogP) is 5.54. The van der Waals surface area contributed by atoms with E-state index in [0.717, 1.165) is 23.6 Å². The number of hydrogen-bond donors (Lipinski definition) is 0. The molecule has 210 valence electrons. The number of alkyl halides is 2. The van der Waals surface area contributed by atoms with E-state index in [-0.39, 0.29) is 30.6 Å². The molecule has 0 saturated carbocycles. The first-order valence-electron chi connectivity index (χ1n) is 12.9. The molecule has 0 bridgehead atoms. The van der Waals surface area contributed by atoms with E-state index in [1.807, 2.05) is 12.1 Å². The molecule has 2 aromatic rings. The Morgan fingerprint density at radius 2 is 1.47 bits per heavy atom. The summed E-state index contributed by atoms with van der Waals surface area (Å²) in [5, 5.41) is 0. The molecule has 1 fully saturated rings. The van der Waals surface area contributed by atoms with Crippen LogP contribution in [0.1, 0.15) is 52.5 Å². The number of halogens is 2. The van der Waals surface area contributed by atoms with Crippen molar-refractivity contribution in [3.8, 4) is 11.1 Å². The highest BCUT2D eigenvalue weighted by atomic mass is 32.2. The lowest BCUT2D eigenvalue weighted by Crippen LogP contribution is -2.56. The normalized spacial score (nSPS) is 16.8. The Balaban J connectivity index is 1.85. The Kier molecular flexibility index (Phi) is 9.37. The molecule has 0 spiro atoms. The number of esters is 1. The van der Waals surface area contributed by atoms with Gasteiger partial charge in [0.15, 0.2) is 14.6 Å². The van der Waals surface area contributed by atoms with Crippen molar-refractivity contribution in [2.24, 2.45) is 0 Å². The maximum absolute atomic E-state index is 14.0. The lowest BCUT2D eigenvalue weighted by Gasteiger charge is -2.40. The summed E-state index contributed by atoms with van der Waals surface area (Å²) in [6.07, 6.45) is 0.320. The molecular weight excluding hydrogens is 512 g/mol. The fourth-order valence-electron chi connectivity index (χ4n) is 4.59. The number of methoxy groups -OCH3 is 1. The number of aryl methyl sites for hydroxylation is 1. The highest BCUT2D eigenvalue weighted by Gasteiger charge is 2.54. The van der Waals surface area contributed by atoms with Crippen LogP contribution in [0.3, 0.4) is 0 Å². The standard InChI is InChI=1S/C29H39F2NO5S/c1-27(2,3)37-26(33)29(16-18-32(19-17-29)20-21-36-5)38(34,35)25-12-10-24(11-13-25)23-8-6-22(7-9-23)14-15-28(4,30)31/h6-13H,14-21H2,1-5H3. The second-order valence-electron chi connectivity index (χ2n) is 11.1. The summed E-state index contributed by atoms with van der Waals surface area (Å²) in [6, 6.07) is 13.8. The fourth-order valence-corrected chi connectivity index (χ4v) is 6.52. The van der Waals surface area contributed by atoms with Gasteiger partial charge < -0.3 is 14.4 Å². The van der Waals surface area contributed by atoms with Crippen molar-refractivity contribution in [2.75, 3.05) is 33.4 Å². The second kappa shape index (κ2) is 11.8. The van der Waals surface area contributed by atoms with Gasteiger partial charge in [-0.2, -0.15) is 0 Å². The zero-order valence-corrected chi connectivity index (χ0v) is 23.7. The lowest BCUT2D eigenvalue weighted by molar-refractivity contribution is -0.159. The van der Waals surface area contributed by atoms with Crippen LogP contribution in [0.15, 0.2) is 53.4 Å². The quantitative estimate of drug-likeness (QED) is 0.361. The Morgan fingerprint density at radius 3 is 1.95 bits per heavy atom. The summed E-state index contributed by atoms with van der Waals surface area (Å²) in [5.74, 6) is -3.43. The van der Waals surface area contributed by atoms with Gasteiger partial charge in [-0.1, -0.05) is 36.4 Å². The average Bonchev–Trinajstić information content (AvgIpc) is 2.85. The third-order valence-corrected chi connectivity index (χ3v) is 9.36. The van der Waals surface area contributed by atoms with Gasteiger partial charge in [-0.05, 0) is 75.8 Å². The van der Waals surface area contributed by atoms with Crippen molar-refractivity contribution in [3.05, 3.63) is 54.1 Å². The minimum Gasteiger partial charge on any atom is -0.459 e. The molecule has 0 atom stereocenters. The summed E-state index contributed by atoms with van der Waals surface area (Å²) in [5.41, 5.74) is 1.62. The van der Waals surface area contributed by atoms with E-state index in [1.165, 1.54) is 12.1 Å². The monoisotopic (exact) mass is 551 g/mol. The zero-order valence-electron chi connectivity index (χ0n) is 22.9. The average molecular weight is 552 g/mol. The van der Waals surface area contributed by atoms with E-state index in [0.29, 0.717) is 26.2 Å². The SMILES string of the molecule is COCCN1CCC(C(=O)OC(C)(C)C)(S(=O)(=O)c2ccc(-c3ccc(CCC(C)(F)F)cc3)cc2)CC1. The number of piperidine rings is 1. The van der Waals surface area contributed by atoms with E-state index >= 15 is 0 Å². The van der Waals surface area contributed by atoms with E-state index in [1.54, 1.807) is 52.1 Å². The number of rotatable bonds is 10. The molecule has 0 aliphatic carbocycles. The lowest BCUT2D eigenvalue weighted by atomic mass is 9.95. The largest absolute Gasteiger partial charge is 0.459 e. The molecule has 1 aliphatic heterocycles. The van der Waals surface area contributed by atoms with Crippen LogP contribution in [0.2, 0.25) is 0 Å². The van der Waals surface area contributed by atoms with Crippen LogP contribution in [-0.2, 0) is 30.5 Å². The number of benzene rings is 2. The van der Waals surface area contributed by atoms with E-state index in [9.17, 15) is 22.0 Å². The molecular formula is C29H39F2NO5S. The molecule has 1 heterocycles. The Hall–Kier alpha value is -2.36. The van der Waals surface area contributed by atoms with E-state index < -0.39 is 32.1 Å². The third-order valence-electron chi connectivity index (χ3n) is 6.87. The predicted molar refractivity (Wildman–Crippen MR) is 144 cm³/mol. The van der Waals surface area contributed by atoms with Gasteiger partial charge in [-0.3, -0.25) is 4.79 Å². The van der Waals surface area contributed by atoms with Crippen LogP contribution >= 0.6 is 0 Å². The second-order valence-corrected chi connectivity index (χ2v) is 13.4. The van der Waals surface area contributed by atoms with Crippen LogP contribution in [-0.4, -0.2) is 68.9 Å². The third kappa shape index (κ3) is 7.39. The van der Waals surface area contributed by atoms with Gasteiger partial charge in [-0.25, -0.2) is 17.2 Å². The molecule has 3 rings (SSSR count). The van der Waals surface area contributed by atoms with Gasteiger partial charge in [0, 0.05) is 33.2 Å². The first-order valence-corrected chi connectivity index (χ1v) is 14.4. The molecule has 0 N–H and O–H groups in total. The summed E-state index contributed by atoms with van der Waals surface area (Å²) >= 11 is 0. The van der Waals surface area contributed by atoms with E-state index in [4.69, 9.17) is 9.47 Å². The van der Waals surface area contributed by atoms with Crippen molar-refractivity contribution < 1.29 is 31.5 Å². The van der Waals surface area contributed by atoms with Crippen LogP contribution in [0.5, 0.6) is 0 Å². The minimum absolute atomic E-state index is 0.0687. The van der Waals surface area contributed by atoms with Crippen molar-refractivity contribution in [2.45, 2.75) is 74.5 Å². The highest BCUT2D eigenvalue weighted by molar-refractivity contribution is 7.93. The van der Waals surface area contributed by atoms with Gasteiger partial charge in [0.25, 0.3) is 0 Å². The van der Waals surface area contributed by atoms with Crippen LogP contribution in [0, 0.1) is 0 Å². The number of carbonyl (C=O) groups excluding carboxylic acids is 1. The first kappa shape index (κ1) is 30.2. The fraction of sp³-hybridized carbons (Fsp3) is 0.552. The first-order chi connectivity index (χ1) is 17.7. The number of likely N-dealkylation sites (tertiary alicyclic amines) is 1. The maximum atomic E-state index is 14.0. The zero-order chi connectivity index (χ0) is 28.2. The van der Waals surface area contributed by atoms with Crippen molar-refractivity contribution >= 4 is 15.8 Å². The minimum atomic E-state index is -4.07. The van der Waals surface area contributed by atoms with Gasteiger partial charge in [0.2, 0.25) is 5.92 Å². The topological polar surface area (TPSA) is 72.9 Å². The highest BCUT2D eigenvalue weighted by Crippen LogP contribution is 2.38. The molecule has 2 aromatic carbocycles. The summed E-state index contributed by atoms with van der Waals surface area (Å²) in [6.45, 7) is 8.17. The number of sulfone groups is 1. The van der Waals surface area contributed by atoms with Crippen LogP contribution < -0.4 is 0 Å². The Bertz CT molecular complexity index is 1180. The van der Waals surface area contributed by atoms with Gasteiger partial charge in [-0.15, -0.1) is 0 Å². The number of nitrogens with zero attached hydrogens (tertiary/aromatic N) is 1. The molecule has 1 aliphatic rings. The van der Waals surface area contributed by atoms with Crippen molar-refractivity contribution in [1.29, 1.82) is 0 Å². The Labute approximate surface area is 225 Å². The molecule has 6 nitrogen and oxygen atoms in total. The number of hydrogen-bond acceptors (Lipinski definition) is 6. The number of carbonyl (C=O) groups is 1. The summed E-state index contributed by atoms with van der Waals surface area (Å²) in [4.78, 5) is 15.6. The molecule has 0 radical (unpaired) electrons. The van der Waals surface area contributed by atoms with E-state index in [2.05, 4.69) is 4.90 Å². The van der Waals surface area contributed by atoms with Crippen molar-refractivity contribution in [1.82, 2.24) is 4.90 Å². The van der Waals surface area contributed by atoms with Gasteiger partial charge in [0.05, 0.1) is 11.5 Å². The maximum Gasteiger partial charge on any atom is 0.328 e. The van der Waals surface area contributed by atoms with Crippen LogP contribution in [0.25, 0.3) is 11.1 Å². The molecule has 0 aromatic heterocycles. The Morgan fingerprint density at radius 1 is 0.947 bits per heavy atom. The summed E-state index contributed by atoms with van der Waals surface area (Å²) < 4.78 is 63.4. The molecule has 0 amide bonds. The molecule has 9 heteroatoms. The van der Waals surface area contributed by atoms with Crippen LogP contribution in [0.4, 0.5) is 8.78 Å². The molecule has 1 saturated heterocycles. The smallest absolute Gasteiger partial charge is 0.328 e. The molecule has 38 heavy (non-hydrogen) atoms. The molecule has 0 unspecified atom stereocenters. The summed E-state index contributed by atoms with van der Waals surface area (Å²) in [7, 11) is -2.45.